The van der Waals surface area contributed by atoms with Gasteiger partial charge in [0.05, 0.1) is 6.54 Å². The molecule has 0 atom stereocenters. The van der Waals surface area contributed by atoms with Crippen LogP contribution in [0.15, 0.2) is 91.0 Å². The summed E-state index contributed by atoms with van der Waals surface area (Å²) in [5.41, 5.74) is 3.19. The van der Waals surface area contributed by atoms with E-state index in [0.29, 0.717) is 13.0 Å². The van der Waals surface area contributed by atoms with Gasteiger partial charge < -0.3 is 10.6 Å². The summed E-state index contributed by atoms with van der Waals surface area (Å²) in [7, 11) is 0. The quantitative estimate of drug-likeness (QED) is 0.634. The van der Waals surface area contributed by atoms with Gasteiger partial charge in [-0.2, -0.15) is 0 Å². The molecule has 3 aromatic carbocycles. The van der Waals surface area contributed by atoms with Crippen LogP contribution in [0.25, 0.3) is 0 Å². The van der Waals surface area contributed by atoms with E-state index in [-0.39, 0.29) is 24.3 Å². The predicted octanol–water partition coefficient (Wildman–Crippen LogP) is 3.64. The van der Waals surface area contributed by atoms with Gasteiger partial charge in [0.15, 0.2) is 0 Å². The number of hydrogen-bond donors (Lipinski definition) is 2. The van der Waals surface area contributed by atoms with Crippen molar-refractivity contribution in [1.29, 1.82) is 0 Å². The number of nitrogens with one attached hydrogen (secondary N) is 2. The topological polar surface area (TPSA) is 58.2 Å². The van der Waals surface area contributed by atoms with Crippen molar-refractivity contribution >= 4 is 11.8 Å². The molecule has 0 saturated heterocycles. The Morgan fingerprint density at radius 2 is 1.14 bits per heavy atom. The lowest BCUT2D eigenvalue weighted by Gasteiger charge is -2.18. The smallest absolute Gasteiger partial charge is 0.239 e. The lowest BCUT2D eigenvalue weighted by molar-refractivity contribution is -0.126. The van der Waals surface area contributed by atoms with E-state index in [4.69, 9.17) is 0 Å². The number of hydrogen-bond acceptors (Lipinski definition) is 2. The minimum atomic E-state index is -0.201. The van der Waals surface area contributed by atoms with E-state index in [0.717, 1.165) is 16.7 Å². The largest absolute Gasteiger partial charge is 0.350 e. The molecule has 28 heavy (non-hydrogen) atoms. The third kappa shape index (κ3) is 5.81. The first kappa shape index (κ1) is 19.4. The first-order valence-corrected chi connectivity index (χ1v) is 9.39. The monoisotopic (exact) mass is 372 g/mol. The van der Waals surface area contributed by atoms with Crippen LogP contribution in [0, 0.1) is 0 Å². The Labute approximate surface area is 165 Å². The maximum atomic E-state index is 12.5. The van der Waals surface area contributed by atoms with Gasteiger partial charge in [0.1, 0.15) is 0 Å². The molecule has 142 valence electrons. The first-order valence-electron chi connectivity index (χ1n) is 9.39. The molecule has 2 N–H and O–H groups in total. The highest BCUT2D eigenvalue weighted by Gasteiger charge is 2.18. The standard InChI is InChI=1S/C24H24N2O2/c27-23(26-18-24(28)25-17-19-10-4-1-5-11-19)16-22(20-12-6-2-7-13-20)21-14-8-3-9-15-21/h1-15,22H,16-18H2,(H,25,28)(H,26,27). The molecule has 0 fully saturated rings. The van der Waals surface area contributed by atoms with E-state index in [1.165, 1.54) is 0 Å². The highest BCUT2D eigenvalue weighted by molar-refractivity contribution is 5.85. The molecule has 4 heteroatoms. The fraction of sp³-hybridized carbons (Fsp3) is 0.167. The van der Waals surface area contributed by atoms with Gasteiger partial charge in [-0.25, -0.2) is 0 Å². The fourth-order valence-corrected chi connectivity index (χ4v) is 3.09. The molecule has 3 rings (SSSR count). The minimum absolute atomic E-state index is 0.0258. The molecule has 0 aliphatic heterocycles. The number of carbonyl (C=O) groups excluding carboxylic acids is 2. The van der Waals surface area contributed by atoms with E-state index < -0.39 is 0 Å². The molecule has 0 bridgehead atoms. The molecular weight excluding hydrogens is 348 g/mol. The molecule has 3 aromatic rings. The number of benzene rings is 3. The Balaban J connectivity index is 1.54. The van der Waals surface area contributed by atoms with Crippen LogP contribution in [-0.2, 0) is 16.1 Å². The summed E-state index contributed by atoms with van der Waals surface area (Å²) >= 11 is 0. The van der Waals surface area contributed by atoms with E-state index in [1.807, 2.05) is 91.0 Å². The molecule has 0 radical (unpaired) electrons. The lowest BCUT2D eigenvalue weighted by atomic mass is 9.88. The Bertz CT molecular complexity index is 841. The number of amides is 2. The molecule has 0 unspecified atom stereocenters. The van der Waals surface area contributed by atoms with E-state index >= 15 is 0 Å². The molecule has 4 nitrogen and oxygen atoms in total. The maximum absolute atomic E-state index is 12.5. The van der Waals surface area contributed by atoms with Gasteiger partial charge in [0.2, 0.25) is 11.8 Å². The zero-order chi connectivity index (χ0) is 19.6. The highest BCUT2D eigenvalue weighted by atomic mass is 16.2. The van der Waals surface area contributed by atoms with Gasteiger partial charge in [-0.3, -0.25) is 9.59 Å². The fourth-order valence-electron chi connectivity index (χ4n) is 3.09. The summed E-state index contributed by atoms with van der Waals surface area (Å²) in [5, 5.41) is 5.56. The second kappa shape index (κ2) is 10.1. The third-order valence-electron chi connectivity index (χ3n) is 4.57. The zero-order valence-electron chi connectivity index (χ0n) is 15.7. The van der Waals surface area contributed by atoms with Crippen molar-refractivity contribution in [2.75, 3.05) is 6.54 Å². The Kier molecular flexibility index (Phi) is 6.96. The molecule has 0 saturated carbocycles. The summed E-state index contributed by atoms with van der Waals surface area (Å²) in [4.78, 5) is 24.5. The maximum Gasteiger partial charge on any atom is 0.239 e. The van der Waals surface area contributed by atoms with E-state index in [1.54, 1.807) is 0 Å². The van der Waals surface area contributed by atoms with Gasteiger partial charge in [0, 0.05) is 18.9 Å². The summed E-state index contributed by atoms with van der Waals surface area (Å²) in [6.07, 6.45) is 0.292. The van der Waals surface area contributed by atoms with Crippen LogP contribution in [0.4, 0.5) is 0 Å². The van der Waals surface area contributed by atoms with Crippen molar-refractivity contribution < 1.29 is 9.59 Å². The lowest BCUT2D eigenvalue weighted by Crippen LogP contribution is -2.37. The predicted molar refractivity (Wildman–Crippen MR) is 111 cm³/mol. The average molecular weight is 372 g/mol. The van der Waals surface area contributed by atoms with Crippen molar-refractivity contribution in [1.82, 2.24) is 10.6 Å². The molecular formula is C24H24N2O2. The number of rotatable bonds is 8. The van der Waals surface area contributed by atoms with Crippen LogP contribution in [0.1, 0.15) is 29.0 Å². The highest BCUT2D eigenvalue weighted by Crippen LogP contribution is 2.27. The van der Waals surface area contributed by atoms with Crippen molar-refractivity contribution in [2.45, 2.75) is 18.9 Å². The van der Waals surface area contributed by atoms with Crippen molar-refractivity contribution in [2.24, 2.45) is 0 Å². The normalized spacial score (nSPS) is 10.5. The van der Waals surface area contributed by atoms with Crippen LogP contribution >= 0.6 is 0 Å². The average Bonchev–Trinajstić information content (AvgIpc) is 2.76. The van der Waals surface area contributed by atoms with Crippen LogP contribution < -0.4 is 10.6 Å². The molecule has 0 aliphatic rings. The van der Waals surface area contributed by atoms with Crippen molar-refractivity contribution in [3.63, 3.8) is 0 Å². The van der Waals surface area contributed by atoms with Gasteiger partial charge in [-0.15, -0.1) is 0 Å². The molecule has 0 spiro atoms. The Morgan fingerprint density at radius 1 is 0.643 bits per heavy atom. The van der Waals surface area contributed by atoms with Crippen molar-refractivity contribution in [3.05, 3.63) is 108 Å². The van der Waals surface area contributed by atoms with Crippen LogP contribution in [0.3, 0.4) is 0 Å². The van der Waals surface area contributed by atoms with Crippen LogP contribution in [-0.4, -0.2) is 18.4 Å². The van der Waals surface area contributed by atoms with Crippen molar-refractivity contribution in [3.8, 4) is 0 Å². The first-order chi connectivity index (χ1) is 13.7. The molecule has 0 aliphatic carbocycles. The van der Waals surface area contributed by atoms with Gasteiger partial charge in [0.25, 0.3) is 0 Å². The van der Waals surface area contributed by atoms with Gasteiger partial charge in [-0.05, 0) is 16.7 Å². The summed E-state index contributed by atoms with van der Waals surface area (Å²) < 4.78 is 0. The Hall–Kier alpha value is -3.40. The minimum Gasteiger partial charge on any atom is -0.350 e. The second-order valence-corrected chi connectivity index (χ2v) is 6.62. The summed E-state index contributed by atoms with van der Waals surface area (Å²) in [5.74, 6) is -0.393. The van der Waals surface area contributed by atoms with Gasteiger partial charge >= 0.3 is 0 Å². The zero-order valence-corrected chi connectivity index (χ0v) is 15.7. The summed E-state index contributed by atoms with van der Waals surface area (Å²) in [6, 6.07) is 29.6. The van der Waals surface area contributed by atoms with E-state index in [9.17, 15) is 9.59 Å². The summed E-state index contributed by atoms with van der Waals surface area (Å²) in [6.45, 7) is 0.425. The van der Waals surface area contributed by atoms with E-state index in [2.05, 4.69) is 10.6 Å². The van der Waals surface area contributed by atoms with Gasteiger partial charge in [-0.1, -0.05) is 91.0 Å². The number of carbonyl (C=O) groups is 2. The molecule has 0 heterocycles. The van der Waals surface area contributed by atoms with Crippen LogP contribution in [0.2, 0.25) is 0 Å². The molecule has 0 aromatic heterocycles. The third-order valence-corrected chi connectivity index (χ3v) is 4.57. The molecule has 2 amide bonds. The second-order valence-electron chi connectivity index (χ2n) is 6.62. The SMILES string of the molecule is O=C(CNC(=O)CC(c1ccccc1)c1ccccc1)NCc1ccccc1. The van der Waals surface area contributed by atoms with Crippen LogP contribution in [0.5, 0.6) is 0 Å². The Morgan fingerprint density at radius 3 is 1.68 bits per heavy atom.